The zero-order chi connectivity index (χ0) is 15.7. The molecule has 0 aliphatic carbocycles. The summed E-state index contributed by atoms with van der Waals surface area (Å²) in [5.41, 5.74) is 3.35. The van der Waals surface area contributed by atoms with Crippen molar-refractivity contribution in [1.29, 1.82) is 0 Å². The van der Waals surface area contributed by atoms with Crippen LogP contribution in [0.25, 0.3) is 0 Å². The van der Waals surface area contributed by atoms with E-state index in [0.29, 0.717) is 11.6 Å². The Hall–Kier alpha value is -2.00. The summed E-state index contributed by atoms with van der Waals surface area (Å²) < 4.78 is 11.0. The molecule has 3 nitrogen and oxygen atoms in total. The van der Waals surface area contributed by atoms with Crippen LogP contribution >= 0.6 is 11.6 Å². The fraction of sp³-hybridized carbons (Fsp3) is 0.278. The molecule has 1 heterocycles. The molecule has 0 radical (unpaired) electrons. The van der Waals surface area contributed by atoms with Gasteiger partial charge < -0.3 is 9.47 Å². The summed E-state index contributed by atoms with van der Waals surface area (Å²) in [7, 11) is 0. The monoisotopic (exact) mass is 316 g/mol. The van der Waals surface area contributed by atoms with Crippen molar-refractivity contribution in [2.75, 3.05) is 6.61 Å². The number of esters is 1. The normalized spacial score (nSPS) is 13.6. The molecule has 3 rings (SSSR count). The molecule has 1 atom stereocenters. The summed E-state index contributed by atoms with van der Waals surface area (Å²) in [5, 5.41) is 0.713. The Kier molecular flexibility index (Phi) is 4.08. The highest BCUT2D eigenvalue weighted by Crippen LogP contribution is 2.38. The Labute approximate surface area is 134 Å². The molecule has 0 spiro atoms. The van der Waals surface area contributed by atoms with Crippen LogP contribution in [0.2, 0.25) is 5.02 Å². The van der Waals surface area contributed by atoms with E-state index < -0.39 is 0 Å². The van der Waals surface area contributed by atoms with Crippen molar-refractivity contribution < 1.29 is 14.3 Å². The topological polar surface area (TPSA) is 35.5 Å². The van der Waals surface area contributed by atoms with Gasteiger partial charge in [-0.3, -0.25) is 4.79 Å². The fourth-order valence-electron chi connectivity index (χ4n) is 2.59. The number of ether oxygens (including phenoxy) is 2. The minimum absolute atomic E-state index is 0.148. The summed E-state index contributed by atoms with van der Waals surface area (Å²) in [6.45, 7) is 3.85. The third-order valence-electron chi connectivity index (χ3n) is 3.81. The molecule has 4 heteroatoms. The van der Waals surface area contributed by atoms with Crippen LogP contribution in [-0.2, 0) is 16.0 Å². The van der Waals surface area contributed by atoms with Crippen LogP contribution in [0.3, 0.4) is 0 Å². The standard InChI is InChI=1S/C18H17ClO3/c1-11(10-21-12(2)20)13-3-5-17-14(7-13)8-15-9-16(19)4-6-18(15)22-17/h3-7,9,11H,8,10H2,1-2H3. The number of fused-ring (bicyclic) bond motifs is 2. The second kappa shape index (κ2) is 6.01. The van der Waals surface area contributed by atoms with Crippen LogP contribution in [0.1, 0.15) is 36.5 Å². The van der Waals surface area contributed by atoms with Gasteiger partial charge in [-0.25, -0.2) is 0 Å². The molecule has 1 aliphatic rings. The van der Waals surface area contributed by atoms with E-state index in [1.807, 2.05) is 37.3 Å². The number of hydrogen-bond donors (Lipinski definition) is 0. The van der Waals surface area contributed by atoms with Gasteiger partial charge in [-0.1, -0.05) is 30.7 Å². The molecule has 1 unspecified atom stereocenters. The first-order valence-corrected chi connectivity index (χ1v) is 7.63. The van der Waals surface area contributed by atoms with E-state index in [0.717, 1.165) is 34.6 Å². The fourth-order valence-corrected chi connectivity index (χ4v) is 2.79. The second-order valence-corrected chi connectivity index (χ2v) is 6.04. The van der Waals surface area contributed by atoms with E-state index >= 15 is 0 Å². The first-order chi connectivity index (χ1) is 10.5. The summed E-state index contributed by atoms with van der Waals surface area (Å²) in [6.07, 6.45) is 0.791. The van der Waals surface area contributed by atoms with Crippen molar-refractivity contribution in [3.63, 3.8) is 0 Å². The molecule has 0 amide bonds. The Morgan fingerprint density at radius 3 is 2.64 bits per heavy atom. The van der Waals surface area contributed by atoms with Gasteiger partial charge in [0, 0.05) is 29.8 Å². The van der Waals surface area contributed by atoms with Gasteiger partial charge in [-0.15, -0.1) is 0 Å². The third-order valence-corrected chi connectivity index (χ3v) is 4.05. The van der Waals surface area contributed by atoms with Crippen LogP contribution in [0.5, 0.6) is 11.5 Å². The largest absolute Gasteiger partial charge is 0.465 e. The summed E-state index contributed by atoms with van der Waals surface area (Å²) >= 11 is 6.05. The lowest BCUT2D eigenvalue weighted by atomic mass is 9.94. The number of carbonyl (C=O) groups excluding carboxylic acids is 1. The average Bonchev–Trinajstić information content (AvgIpc) is 2.50. The van der Waals surface area contributed by atoms with Gasteiger partial charge in [0.1, 0.15) is 11.5 Å². The molecule has 0 N–H and O–H groups in total. The van der Waals surface area contributed by atoms with Crippen LogP contribution in [0.15, 0.2) is 36.4 Å². The van der Waals surface area contributed by atoms with E-state index in [4.69, 9.17) is 21.1 Å². The SMILES string of the molecule is CC(=O)OCC(C)c1ccc2c(c1)Cc1cc(Cl)ccc1O2. The zero-order valence-corrected chi connectivity index (χ0v) is 13.3. The van der Waals surface area contributed by atoms with E-state index in [-0.39, 0.29) is 11.9 Å². The van der Waals surface area contributed by atoms with Crippen molar-refractivity contribution in [2.24, 2.45) is 0 Å². The van der Waals surface area contributed by atoms with Gasteiger partial charge in [0.25, 0.3) is 0 Å². The Morgan fingerprint density at radius 2 is 1.91 bits per heavy atom. The highest BCUT2D eigenvalue weighted by molar-refractivity contribution is 6.30. The first-order valence-electron chi connectivity index (χ1n) is 7.25. The molecule has 22 heavy (non-hydrogen) atoms. The van der Waals surface area contributed by atoms with E-state index in [1.54, 1.807) is 0 Å². The quantitative estimate of drug-likeness (QED) is 0.657. The average molecular weight is 317 g/mol. The molecule has 0 aromatic heterocycles. The lowest BCUT2D eigenvalue weighted by Crippen LogP contribution is -2.09. The Balaban J connectivity index is 1.83. The van der Waals surface area contributed by atoms with Crippen molar-refractivity contribution >= 4 is 17.6 Å². The maximum absolute atomic E-state index is 10.9. The molecule has 1 aliphatic heterocycles. The van der Waals surface area contributed by atoms with E-state index in [9.17, 15) is 4.79 Å². The molecule has 114 valence electrons. The minimum atomic E-state index is -0.253. The van der Waals surface area contributed by atoms with Crippen molar-refractivity contribution in [1.82, 2.24) is 0 Å². The smallest absolute Gasteiger partial charge is 0.302 e. The first kappa shape index (κ1) is 14.9. The van der Waals surface area contributed by atoms with Gasteiger partial charge >= 0.3 is 5.97 Å². The van der Waals surface area contributed by atoms with Crippen LogP contribution in [-0.4, -0.2) is 12.6 Å². The van der Waals surface area contributed by atoms with Gasteiger partial charge in [-0.2, -0.15) is 0 Å². The van der Waals surface area contributed by atoms with Crippen molar-refractivity contribution in [2.45, 2.75) is 26.2 Å². The van der Waals surface area contributed by atoms with Crippen molar-refractivity contribution in [3.8, 4) is 11.5 Å². The van der Waals surface area contributed by atoms with E-state index in [1.165, 1.54) is 6.92 Å². The third kappa shape index (κ3) is 3.09. The molecular weight excluding hydrogens is 300 g/mol. The second-order valence-electron chi connectivity index (χ2n) is 5.60. The van der Waals surface area contributed by atoms with Crippen LogP contribution in [0, 0.1) is 0 Å². The summed E-state index contributed by atoms with van der Waals surface area (Å²) in [4.78, 5) is 10.9. The Morgan fingerprint density at radius 1 is 1.23 bits per heavy atom. The van der Waals surface area contributed by atoms with Gasteiger partial charge in [0.2, 0.25) is 0 Å². The number of carbonyl (C=O) groups is 1. The predicted molar refractivity (Wildman–Crippen MR) is 85.8 cm³/mol. The molecule has 0 saturated carbocycles. The Bertz CT molecular complexity index is 724. The highest BCUT2D eigenvalue weighted by Gasteiger charge is 2.19. The van der Waals surface area contributed by atoms with E-state index in [2.05, 4.69) is 6.07 Å². The van der Waals surface area contributed by atoms with Gasteiger partial charge in [0.05, 0.1) is 6.61 Å². The number of hydrogen-bond acceptors (Lipinski definition) is 3. The predicted octanol–water partition coefficient (Wildman–Crippen LogP) is 4.70. The van der Waals surface area contributed by atoms with Gasteiger partial charge in [0.15, 0.2) is 0 Å². The maximum Gasteiger partial charge on any atom is 0.302 e. The molecule has 0 fully saturated rings. The highest BCUT2D eigenvalue weighted by atomic mass is 35.5. The number of halogens is 1. The lowest BCUT2D eigenvalue weighted by molar-refractivity contribution is -0.141. The van der Waals surface area contributed by atoms with Gasteiger partial charge in [-0.05, 0) is 35.4 Å². The summed E-state index contributed by atoms with van der Waals surface area (Å²) in [6, 6.07) is 11.8. The zero-order valence-electron chi connectivity index (χ0n) is 12.6. The molecule has 0 saturated heterocycles. The molecular formula is C18H17ClO3. The molecule has 2 aromatic rings. The number of benzene rings is 2. The molecule has 0 bridgehead atoms. The van der Waals surface area contributed by atoms with Crippen LogP contribution in [0.4, 0.5) is 0 Å². The van der Waals surface area contributed by atoms with Crippen molar-refractivity contribution in [3.05, 3.63) is 58.1 Å². The van der Waals surface area contributed by atoms with Crippen LogP contribution < -0.4 is 4.74 Å². The lowest BCUT2D eigenvalue weighted by Gasteiger charge is -2.22. The minimum Gasteiger partial charge on any atom is -0.465 e. The number of rotatable bonds is 3. The maximum atomic E-state index is 10.9. The summed E-state index contributed by atoms with van der Waals surface area (Å²) in [5.74, 6) is 1.63. The molecule has 2 aromatic carbocycles.